The molecular weight excluding hydrogens is 247 g/mol. The summed E-state index contributed by atoms with van der Waals surface area (Å²) < 4.78 is 36.9. The van der Waals surface area contributed by atoms with Gasteiger partial charge < -0.3 is 11.1 Å². The zero-order chi connectivity index (χ0) is 14.0. The lowest BCUT2D eigenvalue weighted by atomic mass is 10.1. The molecule has 1 rings (SSSR count). The molecule has 0 bridgehead atoms. The third kappa shape index (κ3) is 3.69. The zero-order valence-corrected chi connectivity index (χ0v) is 10.0. The van der Waals surface area contributed by atoms with E-state index in [1.54, 1.807) is 13.8 Å². The quantitative estimate of drug-likeness (QED) is 0.867. The summed E-state index contributed by atoms with van der Waals surface area (Å²) in [6.45, 7) is 3.61. The van der Waals surface area contributed by atoms with Gasteiger partial charge in [0.25, 0.3) is 5.91 Å². The van der Waals surface area contributed by atoms with Gasteiger partial charge in [0, 0.05) is 18.3 Å². The Morgan fingerprint density at radius 2 is 2.00 bits per heavy atom. The first-order valence-electron chi connectivity index (χ1n) is 5.21. The normalized spacial score (nSPS) is 12.3. The molecule has 0 radical (unpaired) electrons. The third-order valence-electron chi connectivity index (χ3n) is 2.29. The van der Waals surface area contributed by atoms with Crippen LogP contribution >= 0.6 is 0 Å². The largest absolute Gasteiger partial charge is 0.417 e. The fourth-order valence-electron chi connectivity index (χ4n) is 1.12. The van der Waals surface area contributed by atoms with Crippen LogP contribution in [-0.4, -0.2) is 23.0 Å². The Kier molecular flexibility index (Phi) is 3.95. The highest BCUT2D eigenvalue weighted by Crippen LogP contribution is 2.28. The number of nitrogens with one attached hydrogen (secondary N) is 1. The maximum atomic E-state index is 12.3. The number of hydrogen-bond acceptors (Lipinski definition) is 3. The molecule has 0 aliphatic heterocycles. The molecular formula is C11H14F3N3O. The number of halogens is 3. The van der Waals surface area contributed by atoms with Crippen LogP contribution in [0.1, 0.15) is 29.9 Å². The second-order valence-electron chi connectivity index (χ2n) is 4.47. The van der Waals surface area contributed by atoms with Crippen molar-refractivity contribution in [3.05, 3.63) is 29.6 Å². The molecule has 0 atom stereocenters. The summed E-state index contributed by atoms with van der Waals surface area (Å²) in [5.41, 5.74) is 3.82. The third-order valence-corrected chi connectivity index (χ3v) is 2.29. The van der Waals surface area contributed by atoms with Gasteiger partial charge in [-0.25, -0.2) is 0 Å². The average molecular weight is 261 g/mol. The maximum Gasteiger partial charge on any atom is 0.417 e. The Morgan fingerprint density at radius 1 is 1.39 bits per heavy atom. The zero-order valence-electron chi connectivity index (χ0n) is 10.0. The summed E-state index contributed by atoms with van der Waals surface area (Å²) >= 11 is 0. The lowest BCUT2D eigenvalue weighted by Gasteiger charge is -2.23. The predicted octanol–water partition coefficient (Wildman–Crippen LogP) is 1.57. The van der Waals surface area contributed by atoms with Gasteiger partial charge in [-0.3, -0.25) is 9.78 Å². The van der Waals surface area contributed by atoms with Crippen LogP contribution in [0.25, 0.3) is 0 Å². The second-order valence-corrected chi connectivity index (χ2v) is 4.47. The van der Waals surface area contributed by atoms with Gasteiger partial charge in [-0.2, -0.15) is 13.2 Å². The molecule has 100 valence electrons. The monoisotopic (exact) mass is 261 g/mol. The van der Waals surface area contributed by atoms with E-state index in [1.807, 2.05) is 0 Å². The molecule has 1 aromatic heterocycles. The Balaban J connectivity index is 2.83. The van der Waals surface area contributed by atoms with Crippen LogP contribution in [0.3, 0.4) is 0 Å². The van der Waals surface area contributed by atoms with Crippen molar-refractivity contribution in [1.82, 2.24) is 10.3 Å². The minimum atomic E-state index is -4.46. The molecule has 18 heavy (non-hydrogen) atoms. The van der Waals surface area contributed by atoms with Gasteiger partial charge in [0.1, 0.15) is 5.69 Å². The number of aromatic nitrogens is 1. The van der Waals surface area contributed by atoms with Gasteiger partial charge in [-0.1, -0.05) is 0 Å². The molecule has 4 nitrogen and oxygen atoms in total. The molecule has 1 heterocycles. The number of nitrogens with two attached hydrogens (primary N) is 1. The second kappa shape index (κ2) is 4.93. The maximum absolute atomic E-state index is 12.3. The van der Waals surface area contributed by atoms with Crippen LogP contribution in [0.15, 0.2) is 18.3 Å². The molecule has 3 N–H and O–H groups in total. The SMILES string of the molecule is CC(C)(CN)NC(=O)c1ccc(C(F)(F)F)cn1. The minimum Gasteiger partial charge on any atom is -0.345 e. The van der Waals surface area contributed by atoms with Gasteiger partial charge in [0.2, 0.25) is 0 Å². The number of carbonyl (C=O) groups excluding carboxylic acids is 1. The van der Waals surface area contributed by atoms with Crippen molar-refractivity contribution in [2.75, 3.05) is 6.54 Å². The summed E-state index contributed by atoms with van der Waals surface area (Å²) in [4.78, 5) is 15.2. The number of nitrogens with zero attached hydrogens (tertiary/aromatic N) is 1. The smallest absolute Gasteiger partial charge is 0.345 e. The van der Waals surface area contributed by atoms with E-state index < -0.39 is 23.2 Å². The van der Waals surface area contributed by atoms with Crippen LogP contribution in [0.4, 0.5) is 13.2 Å². The Morgan fingerprint density at radius 3 is 2.39 bits per heavy atom. The van der Waals surface area contributed by atoms with Crippen LogP contribution in [-0.2, 0) is 6.18 Å². The van der Waals surface area contributed by atoms with Crippen molar-refractivity contribution < 1.29 is 18.0 Å². The molecule has 0 spiro atoms. The fourth-order valence-corrected chi connectivity index (χ4v) is 1.12. The van der Waals surface area contributed by atoms with Crippen molar-refractivity contribution in [1.29, 1.82) is 0 Å². The van der Waals surface area contributed by atoms with E-state index in [4.69, 9.17) is 5.73 Å². The highest BCUT2D eigenvalue weighted by molar-refractivity contribution is 5.92. The fraction of sp³-hybridized carbons (Fsp3) is 0.455. The number of hydrogen-bond donors (Lipinski definition) is 2. The highest BCUT2D eigenvalue weighted by Gasteiger charge is 2.31. The van der Waals surface area contributed by atoms with E-state index in [0.29, 0.717) is 6.20 Å². The summed E-state index contributed by atoms with van der Waals surface area (Å²) in [7, 11) is 0. The standard InChI is InChI=1S/C11H14F3N3O/c1-10(2,6-15)17-9(18)8-4-3-7(5-16-8)11(12,13)14/h3-5H,6,15H2,1-2H3,(H,17,18). The van der Waals surface area contributed by atoms with Crippen molar-refractivity contribution in [2.24, 2.45) is 5.73 Å². The van der Waals surface area contributed by atoms with Gasteiger partial charge in [-0.15, -0.1) is 0 Å². The number of carbonyl (C=O) groups is 1. The van der Waals surface area contributed by atoms with Crippen LogP contribution < -0.4 is 11.1 Å². The van der Waals surface area contributed by atoms with Gasteiger partial charge in [-0.05, 0) is 26.0 Å². The lowest BCUT2D eigenvalue weighted by Crippen LogP contribution is -2.49. The Bertz CT molecular complexity index is 426. The molecule has 0 unspecified atom stereocenters. The van der Waals surface area contributed by atoms with Gasteiger partial charge in [0.05, 0.1) is 5.56 Å². The van der Waals surface area contributed by atoms with E-state index in [-0.39, 0.29) is 12.2 Å². The van der Waals surface area contributed by atoms with Crippen LogP contribution in [0.2, 0.25) is 0 Å². The van der Waals surface area contributed by atoms with E-state index in [2.05, 4.69) is 10.3 Å². The number of amides is 1. The highest BCUT2D eigenvalue weighted by atomic mass is 19.4. The molecule has 0 aromatic carbocycles. The molecule has 1 aromatic rings. The van der Waals surface area contributed by atoms with Crippen molar-refractivity contribution in [3.8, 4) is 0 Å². The molecule has 0 saturated carbocycles. The molecule has 7 heteroatoms. The van der Waals surface area contributed by atoms with Gasteiger partial charge >= 0.3 is 6.18 Å². The topological polar surface area (TPSA) is 68.0 Å². The summed E-state index contributed by atoms with van der Waals surface area (Å²) in [5.74, 6) is -0.556. The average Bonchev–Trinajstić information content (AvgIpc) is 2.27. The molecule has 0 aliphatic carbocycles. The number of alkyl halides is 3. The first-order valence-corrected chi connectivity index (χ1v) is 5.21. The summed E-state index contributed by atoms with van der Waals surface area (Å²) in [6.07, 6.45) is -3.83. The van der Waals surface area contributed by atoms with Crippen LogP contribution in [0.5, 0.6) is 0 Å². The predicted molar refractivity (Wildman–Crippen MR) is 59.8 cm³/mol. The molecule has 0 saturated heterocycles. The van der Waals surface area contributed by atoms with Crippen LogP contribution in [0, 0.1) is 0 Å². The van der Waals surface area contributed by atoms with E-state index >= 15 is 0 Å². The molecule has 0 fully saturated rings. The minimum absolute atomic E-state index is 0.0791. The number of pyridine rings is 1. The van der Waals surface area contributed by atoms with E-state index in [1.165, 1.54) is 0 Å². The Hall–Kier alpha value is -1.63. The summed E-state index contributed by atoms with van der Waals surface area (Å²) in [6, 6.07) is 1.85. The first kappa shape index (κ1) is 14.4. The molecule has 1 amide bonds. The first-order chi connectivity index (χ1) is 8.15. The Labute approximate surface area is 102 Å². The van der Waals surface area contributed by atoms with Gasteiger partial charge in [0.15, 0.2) is 0 Å². The van der Waals surface area contributed by atoms with Crippen molar-refractivity contribution >= 4 is 5.91 Å². The van der Waals surface area contributed by atoms with E-state index in [0.717, 1.165) is 12.1 Å². The summed E-state index contributed by atoms with van der Waals surface area (Å²) in [5, 5.41) is 2.57. The molecule has 0 aliphatic rings. The van der Waals surface area contributed by atoms with E-state index in [9.17, 15) is 18.0 Å². The number of rotatable bonds is 3. The van der Waals surface area contributed by atoms with Crippen molar-refractivity contribution in [2.45, 2.75) is 25.6 Å². The lowest BCUT2D eigenvalue weighted by molar-refractivity contribution is -0.137. The van der Waals surface area contributed by atoms with Crippen molar-refractivity contribution in [3.63, 3.8) is 0 Å².